The van der Waals surface area contributed by atoms with Crippen molar-refractivity contribution in [2.45, 2.75) is 25.4 Å². The molecule has 23 heavy (non-hydrogen) atoms. The maximum Gasteiger partial charge on any atom is 0.220 e. The fourth-order valence-electron chi connectivity index (χ4n) is 2.24. The first-order valence-electron chi connectivity index (χ1n) is 7.20. The third-order valence-electron chi connectivity index (χ3n) is 3.54. The molecule has 0 aliphatic carbocycles. The van der Waals surface area contributed by atoms with Gasteiger partial charge in [0.05, 0.1) is 12.7 Å². The number of hydrogen-bond acceptors (Lipinski definition) is 3. The van der Waals surface area contributed by atoms with E-state index < -0.39 is 17.2 Å². The summed E-state index contributed by atoms with van der Waals surface area (Å²) in [5.41, 5.74) is -0.757. The van der Waals surface area contributed by atoms with Gasteiger partial charge in [0.15, 0.2) is 0 Å². The van der Waals surface area contributed by atoms with Crippen LogP contribution in [0.1, 0.15) is 24.5 Å². The molecule has 2 N–H and O–H groups in total. The van der Waals surface area contributed by atoms with Crippen molar-refractivity contribution in [1.82, 2.24) is 15.1 Å². The summed E-state index contributed by atoms with van der Waals surface area (Å²) in [7, 11) is 1.79. The summed E-state index contributed by atoms with van der Waals surface area (Å²) in [6.07, 6.45) is 4.25. The van der Waals surface area contributed by atoms with Gasteiger partial charge in [0.1, 0.15) is 17.2 Å². The minimum absolute atomic E-state index is 0.0635. The first-order valence-corrected chi connectivity index (χ1v) is 7.20. The van der Waals surface area contributed by atoms with E-state index >= 15 is 0 Å². The van der Waals surface area contributed by atoms with Crippen LogP contribution in [0, 0.1) is 11.6 Å². The van der Waals surface area contributed by atoms with E-state index in [4.69, 9.17) is 0 Å². The Morgan fingerprint density at radius 2 is 2.17 bits per heavy atom. The number of aliphatic hydroxyl groups is 1. The predicted molar refractivity (Wildman–Crippen MR) is 80.5 cm³/mol. The van der Waals surface area contributed by atoms with E-state index in [1.54, 1.807) is 17.9 Å². The van der Waals surface area contributed by atoms with Crippen LogP contribution in [0.3, 0.4) is 0 Å². The van der Waals surface area contributed by atoms with Crippen LogP contribution in [0.15, 0.2) is 30.6 Å². The minimum Gasteiger partial charge on any atom is -0.383 e. The number of aryl methyl sites for hydroxylation is 2. The Morgan fingerprint density at radius 3 is 2.78 bits per heavy atom. The van der Waals surface area contributed by atoms with Crippen molar-refractivity contribution in [3.8, 4) is 0 Å². The van der Waals surface area contributed by atoms with Crippen LogP contribution >= 0.6 is 0 Å². The lowest BCUT2D eigenvalue weighted by molar-refractivity contribution is -0.122. The smallest absolute Gasteiger partial charge is 0.220 e. The van der Waals surface area contributed by atoms with Crippen molar-refractivity contribution in [3.63, 3.8) is 0 Å². The number of rotatable bonds is 6. The number of benzene rings is 1. The predicted octanol–water partition coefficient (Wildman–Crippen LogP) is 1.65. The Labute approximate surface area is 132 Å². The summed E-state index contributed by atoms with van der Waals surface area (Å²) < 4.78 is 28.3. The highest BCUT2D eigenvalue weighted by atomic mass is 19.1. The monoisotopic (exact) mass is 323 g/mol. The van der Waals surface area contributed by atoms with E-state index in [1.165, 1.54) is 13.0 Å². The maximum atomic E-state index is 13.7. The van der Waals surface area contributed by atoms with Crippen LogP contribution in [0.4, 0.5) is 8.78 Å². The zero-order valence-electron chi connectivity index (χ0n) is 13.0. The highest BCUT2D eigenvalue weighted by Gasteiger charge is 2.27. The van der Waals surface area contributed by atoms with Crippen molar-refractivity contribution < 1.29 is 18.7 Å². The summed E-state index contributed by atoms with van der Waals surface area (Å²) in [6, 6.07) is 2.94. The van der Waals surface area contributed by atoms with Gasteiger partial charge in [0.25, 0.3) is 0 Å². The summed E-state index contributed by atoms with van der Waals surface area (Å²) in [6.45, 7) is 1.20. The lowest BCUT2D eigenvalue weighted by Gasteiger charge is -2.24. The second-order valence-electron chi connectivity index (χ2n) is 5.70. The van der Waals surface area contributed by atoms with Crippen LogP contribution in [-0.4, -0.2) is 27.3 Å². The normalized spacial score (nSPS) is 13.6. The molecule has 7 heteroatoms. The second-order valence-corrected chi connectivity index (χ2v) is 5.70. The molecule has 5 nitrogen and oxygen atoms in total. The Balaban J connectivity index is 1.89. The zero-order chi connectivity index (χ0) is 17.0. The van der Waals surface area contributed by atoms with Crippen LogP contribution < -0.4 is 5.32 Å². The Bertz CT molecular complexity index is 698. The van der Waals surface area contributed by atoms with Crippen molar-refractivity contribution in [1.29, 1.82) is 0 Å². The van der Waals surface area contributed by atoms with Gasteiger partial charge < -0.3 is 10.4 Å². The fraction of sp³-hybridized carbons (Fsp3) is 0.375. The molecule has 1 atom stereocenters. The number of carbonyl (C=O) groups is 1. The first kappa shape index (κ1) is 17.1. The van der Waals surface area contributed by atoms with Gasteiger partial charge in [0, 0.05) is 31.3 Å². The number of aromatic nitrogens is 2. The number of halogens is 2. The molecule has 1 aromatic heterocycles. The van der Waals surface area contributed by atoms with Gasteiger partial charge in [-0.2, -0.15) is 5.10 Å². The molecular formula is C16H19F2N3O2. The van der Waals surface area contributed by atoms with Gasteiger partial charge in [-0.25, -0.2) is 8.78 Å². The van der Waals surface area contributed by atoms with Crippen molar-refractivity contribution in [3.05, 3.63) is 53.4 Å². The molecule has 0 fully saturated rings. The van der Waals surface area contributed by atoms with Crippen LogP contribution in [0.2, 0.25) is 0 Å². The first-order chi connectivity index (χ1) is 10.8. The summed E-state index contributed by atoms with van der Waals surface area (Å²) in [5.74, 6) is -1.83. The standard InChI is InChI=1S/C16H19F2N3O2/c1-16(23,13-5-4-12(17)7-14(13)18)10-19-15(22)6-3-11-8-20-21(2)9-11/h4-5,7-9,23H,3,6,10H2,1-2H3,(H,19,22). The van der Waals surface area contributed by atoms with Crippen molar-refractivity contribution in [2.75, 3.05) is 6.54 Å². The molecular weight excluding hydrogens is 304 g/mol. The molecule has 1 heterocycles. The molecule has 0 saturated heterocycles. The van der Waals surface area contributed by atoms with Crippen molar-refractivity contribution >= 4 is 5.91 Å². The molecule has 0 aliphatic heterocycles. The highest BCUT2D eigenvalue weighted by molar-refractivity contribution is 5.76. The molecule has 124 valence electrons. The molecule has 0 radical (unpaired) electrons. The van der Waals surface area contributed by atoms with Crippen LogP contribution in [-0.2, 0) is 23.9 Å². The average Bonchev–Trinajstić information content (AvgIpc) is 2.88. The van der Waals surface area contributed by atoms with E-state index in [1.807, 2.05) is 6.20 Å². The van der Waals surface area contributed by atoms with Gasteiger partial charge in [-0.1, -0.05) is 6.07 Å². The summed E-state index contributed by atoms with van der Waals surface area (Å²) in [5, 5.41) is 16.9. The third-order valence-corrected chi connectivity index (χ3v) is 3.54. The van der Waals surface area contributed by atoms with Gasteiger partial charge in [-0.15, -0.1) is 0 Å². The van der Waals surface area contributed by atoms with Gasteiger partial charge in [-0.3, -0.25) is 9.48 Å². The number of amides is 1. The lowest BCUT2D eigenvalue weighted by atomic mass is 9.95. The third kappa shape index (κ3) is 4.59. The van der Waals surface area contributed by atoms with E-state index in [0.29, 0.717) is 12.5 Å². The zero-order valence-corrected chi connectivity index (χ0v) is 13.0. The second kappa shape index (κ2) is 6.87. The minimum atomic E-state index is -1.62. The Kier molecular flexibility index (Phi) is 5.10. The Hall–Kier alpha value is -2.28. The van der Waals surface area contributed by atoms with Crippen LogP contribution in [0.5, 0.6) is 0 Å². The van der Waals surface area contributed by atoms with E-state index in [0.717, 1.165) is 11.6 Å². The average molecular weight is 323 g/mol. The highest BCUT2D eigenvalue weighted by Crippen LogP contribution is 2.23. The van der Waals surface area contributed by atoms with E-state index in [2.05, 4.69) is 10.4 Å². The molecule has 2 rings (SSSR count). The number of carbonyl (C=O) groups excluding carboxylic acids is 1. The van der Waals surface area contributed by atoms with Gasteiger partial charge in [-0.05, 0) is 25.0 Å². The number of hydrogen-bond donors (Lipinski definition) is 2. The summed E-state index contributed by atoms with van der Waals surface area (Å²) in [4.78, 5) is 11.8. The number of nitrogens with one attached hydrogen (secondary N) is 1. The fourth-order valence-corrected chi connectivity index (χ4v) is 2.24. The molecule has 0 spiro atoms. The maximum absolute atomic E-state index is 13.7. The van der Waals surface area contributed by atoms with E-state index in [-0.39, 0.29) is 24.4 Å². The summed E-state index contributed by atoms with van der Waals surface area (Å²) >= 11 is 0. The molecule has 1 amide bonds. The molecule has 0 aliphatic rings. The quantitative estimate of drug-likeness (QED) is 0.849. The lowest BCUT2D eigenvalue weighted by Crippen LogP contribution is -2.39. The Morgan fingerprint density at radius 1 is 1.43 bits per heavy atom. The number of nitrogens with zero attached hydrogens (tertiary/aromatic N) is 2. The molecule has 2 aromatic rings. The van der Waals surface area contributed by atoms with Crippen LogP contribution in [0.25, 0.3) is 0 Å². The molecule has 0 saturated carbocycles. The SMILES string of the molecule is Cn1cc(CCC(=O)NCC(C)(O)c2ccc(F)cc2F)cn1. The largest absolute Gasteiger partial charge is 0.383 e. The van der Waals surface area contributed by atoms with Gasteiger partial charge in [0.2, 0.25) is 5.91 Å². The molecule has 1 unspecified atom stereocenters. The van der Waals surface area contributed by atoms with E-state index in [9.17, 15) is 18.7 Å². The topological polar surface area (TPSA) is 67.2 Å². The molecule has 0 bridgehead atoms. The van der Waals surface area contributed by atoms with Crippen molar-refractivity contribution in [2.24, 2.45) is 7.05 Å². The molecule has 1 aromatic carbocycles. The van der Waals surface area contributed by atoms with Gasteiger partial charge >= 0.3 is 0 Å².